The third kappa shape index (κ3) is 19.0. The van der Waals surface area contributed by atoms with E-state index in [0.29, 0.717) is 12.3 Å². The highest BCUT2D eigenvalue weighted by Gasteiger charge is 2.43. The molecule has 1 aromatic carbocycles. The SMILES string of the molecule is C1=CC=CCC=C1.C=C/C=C(\C=C/C)C(/C(C=C)=C/C=C\C)(c1ccccc1)N(N)/N=C(\N)CC[C@H](/C=C/C=C\C=C/C)C[C@H](CCC)NC=O.CCO. The van der Waals surface area contributed by atoms with Gasteiger partial charge in [-0.15, -0.1) is 5.10 Å². The van der Waals surface area contributed by atoms with Gasteiger partial charge in [-0.3, -0.25) is 4.79 Å². The van der Waals surface area contributed by atoms with Crippen molar-refractivity contribution < 1.29 is 9.90 Å². The lowest BCUT2D eigenvalue weighted by Crippen LogP contribution is -2.50. The molecule has 1 aromatic rings. The maximum Gasteiger partial charge on any atom is 0.207 e. The highest BCUT2D eigenvalue weighted by molar-refractivity contribution is 5.80. The summed E-state index contributed by atoms with van der Waals surface area (Å²) in [6, 6.07) is 10.1. The van der Waals surface area contributed by atoms with Gasteiger partial charge < -0.3 is 16.2 Å². The van der Waals surface area contributed by atoms with E-state index >= 15 is 0 Å². The molecule has 54 heavy (non-hydrogen) atoms. The third-order valence-electron chi connectivity index (χ3n) is 8.02. The van der Waals surface area contributed by atoms with E-state index in [9.17, 15) is 4.79 Å². The normalized spacial score (nSPS) is 15.7. The third-order valence-corrected chi connectivity index (χ3v) is 8.02. The number of hydrogen-bond acceptors (Lipinski definition) is 5. The number of amides is 1. The van der Waals surface area contributed by atoms with E-state index < -0.39 is 5.54 Å². The first-order valence-electron chi connectivity index (χ1n) is 18.9. The summed E-state index contributed by atoms with van der Waals surface area (Å²) >= 11 is 0. The molecule has 0 heterocycles. The van der Waals surface area contributed by atoms with Crippen LogP contribution >= 0.6 is 0 Å². The Morgan fingerprint density at radius 2 is 1.57 bits per heavy atom. The van der Waals surface area contributed by atoms with E-state index in [0.717, 1.165) is 55.2 Å². The lowest BCUT2D eigenvalue weighted by molar-refractivity contribution is -0.110. The Balaban J connectivity index is 0.00000243. The fraction of sp³-hybridized carbons (Fsp3) is 0.319. The molecule has 7 heteroatoms. The number of nitrogens with one attached hydrogen (secondary N) is 1. The van der Waals surface area contributed by atoms with Crippen molar-refractivity contribution >= 4 is 12.2 Å². The predicted molar refractivity (Wildman–Crippen MR) is 235 cm³/mol. The topological polar surface area (TPSA) is 117 Å². The zero-order chi connectivity index (χ0) is 40.3. The maximum absolute atomic E-state index is 11.3. The van der Waals surface area contributed by atoms with Gasteiger partial charge in [0.2, 0.25) is 6.41 Å². The van der Waals surface area contributed by atoms with Crippen LogP contribution in [0.2, 0.25) is 0 Å². The van der Waals surface area contributed by atoms with Crippen molar-refractivity contribution in [3.05, 3.63) is 182 Å². The fourth-order valence-corrected chi connectivity index (χ4v) is 5.67. The Kier molecular flexibility index (Phi) is 29.3. The lowest BCUT2D eigenvalue weighted by atomic mass is 9.75. The summed E-state index contributed by atoms with van der Waals surface area (Å²) in [4.78, 5) is 11.3. The van der Waals surface area contributed by atoms with Crippen LogP contribution < -0.4 is 16.9 Å². The molecular weight excluding hydrogens is 667 g/mol. The van der Waals surface area contributed by atoms with E-state index in [4.69, 9.17) is 21.8 Å². The number of hydrogen-bond donors (Lipinski definition) is 4. The number of amidine groups is 1. The van der Waals surface area contributed by atoms with Crippen molar-refractivity contribution in [3.63, 3.8) is 0 Å². The number of rotatable bonds is 21. The van der Waals surface area contributed by atoms with Gasteiger partial charge in [-0.2, -0.15) is 0 Å². The second-order valence-corrected chi connectivity index (χ2v) is 12.1. The van der Waals surface area contributed by atoms with Crippen molar-refractivity contribution in [1.29, 1.82) is 0 Å². The molecule has 0 aromatic heterocycles. The number of nitrogens with two attached hydrogens (primary N) is 2. The largest absolute Gasteiger partial charge is 0.397 e. The molecule has 6 N–H and O–H groups in total. The summed E-state index contributed by atoms with van der Waals surface area (Å²) in [7, 11) is 0. The molecule has 0 bridgehead atoms. The van der Waals surface area contributed by atoms with E-state index in [2.05, 4.69) is 55.8 Å². The van der Waals surface area contributed by atoms with Crippen LogP contribution in [0.15, 0.2) is 181 Å². The number of hydrazine groups is 1. The predicted octanol–water partition coefficient (Wildman–Crippen LogP) is 10.2. The Hall–Kier alpha value is -5.24. The molecule has 292 valence electrons. The van der Waals surface area contributed by atoms with Gasteiger partial charge in [0.25, 0.3) is 0 Å². The second kappa shape index (κ2) is 32.4. The molecule has 1 aliphatic carbocycles. The van der Waals surface area contributed by atoms with Gasteiger partial charge in [-0.05, 0) is 76.0 Å². The molecule has 0 radical (unpaired) electrons. The Morgan fingerprint density at radius 1 is 0.926 bits per heavy atom. The van der Waals surface area contributed by atoms with Crippen LogP contribution in [0.1, 0.15) is 78.7 Å². The smallest absolute Gasteiger partial charge is 0.207 e. The number of carbonyl (C=O) groups excluding carboxylic acids is 1. The Labute approximate surface area is 327 Å². The van der Waals surface area contributed by atoms with Crippen molar-refractivity contribution in [2.75, 3.05) is 6.61 Å². The second-order valence-electron chi connectivity index (χ2n) is 12.1. The summed E-state index contributed by atoms with van der Waals surface area (Å²) < 4.78 is 0. The molecule has 0 saturated heterocycles. The number of allylic oxidation sites excluding steroid dienone is 18. The minimum atomic E-state index is -1.05. The number of hydrazone groups is 1. The number of carbonyl (C=O) groups is 1. The quantitative estimate of drug-likeness (QED) is 0.0251. The van der Waals surface area contributed by atoms with Gasteiger partial charge in [0.1, 0.15) is 11.4 Å². The van der Waals surface area contributed by atoms with Crippen LogP contribution in [0.25, 0.3) is 0 Å². The fourth-order valence-electron chi connectivity index (χ4n) is 5.67. The van der Waals surface area contributed by atoms with E-state index in [1.165, 1.54) is 5.12 Å². The van der Waals surface area contributed by atoms with E-state index in [1.807, 2.05) is 130 Å². The zero-order valence-electron chi connectivity index (χ0n) is 33.4. The zero-order valence-corrected chi connectivity index (χ0v) is 33.4. The average molecular weight is 734 g/mol. The van der Waals surface area contributed by atoms with Gasteiger partial charge in [0, 0.05) is 19.1 Å². The van der Waals surface area contributed by atoms with Crippen LogP contribution in [0.3, 0.4) is 0 Å². The molecule has 3 atom stereocenters. The number of nitrogens with zero attached hydrogens (tertiary/aromatic N) is 2. The summed E-state index contributed by atoms with van der Waals surface area (Å²) in [5.41, 5.74) is 8.15. The van der Waals surface area contributed by atoms with Crippen molar-refractivity contribution in [1.82, 2.24) is 10.4 Å². The first-order valence-corrected chi connectivity index (χ1v) is 18.9. The molecule has 0 fully saturated rings. The molecular formula is C47H67N5O2. The van der Waals surface area contributed by atoms with Crippen molar-refractivity contribution in [2.24, 2.45) is 22.6 Å². The van der Waals surface area contributed by atoms with Crippen LogP contribution in [-0.4, -0.2) is 35.1 Å². The first-order chi connectivity index (χ1) is 26.3. The number of aliphatic hydroxyl groups excluding tert-OH is 1. The highest BCUT2D eigenvalue weighted by Crippen LogP contribution is 2.43. The first kappa shape index (κ1) is 48.8. The van der Waals surface area contributed by atoms with E-state index in [-0.39, 0.29) is 18.6 Å². The molecule has 0 saturated carbocycles. The van der Waals surface area contributed by atoms with Crippen molar-refractivity contribution in [2.45, 2.75) is 84.7 Å². The van der Waals surface area contributed by atoms with Gasteiger partial charge in [-0.1, -0.05) is 178 Å². The number of benzene rings is 1. The van der Waals surface area contributed by atoms with Crippen LogP contribution in [0.4, 0.5) is 0 Å². The standard InChI is InChI=1S/C38H53N5O.C7H8.C2H6O/c1-7-13-15-16-18-24-32(30-36(23-11-5)41-31-44)28-29-37(39)42-43(40)38(33(12-6)25-14-8-2,34(21-9-3)22-10-4)35-26-19-17-20-27-35;1-2-4-6-7-5-3-1;1-2-3/h7-10,12-22,24-27,31-32,36H,3,6,11,23,28-30,40H2,1-2,4-5H3,(H2,39,42)(H,41,44);1-6H,7H2;3H,2H2,1H3/b13-7-,14-8-,16-15-,22-10-,24-18+,33-25+,34-21+;;/t32-,36-,38?;;/m0../s1. The van der Waals surface area contributed by atoms with Crippen LogP contribution in [0, 0.1) is 5.92 Å². The minimum Gasteiger partial charge on any atom is -0.397 e. The Morgan fingerprint density at radius 3 is 2.13 bits per heavy atom. The molecule has 1 aliphatic rings. The summed E-state index contributed by atoms with van der Waals surface area (Å²) in [5.74, 6) is 7.53. The lowest BCUT2D eigenvalue weighted by Gasteiger charge is -2.42. The molecule has 7 nitrogen and oxygen atoms in total. The molecule has 0 spiro atoms. The molecule has 0 aliphatic heterocycles. The Bertz CT molecular complexity index is 1510. The number of aliphatic hydroxyl groups is 1. The summed E-state index contributed by atoms with van der Waals surface area (Å²) in [6.45, 7) is 18.1. The molecule has 2 rings (SSSR count). The van der Waals surface area contributed by atoms with Crippen molar-refractivity contribution in [3.8, 4) is 0 Å². The van der Waals surface area contributed by atoms with Crippen LogP contribution in [-0.2, 0) is 10.3 Å². The summed E-state index contributed by atoms with van der Waals surface area (Å²) in [5, 5.41) is 16.8. The molecule has 1 unspecified atom stereocenters. The maximum atomic E-state index is 11.3. The average Bonchev–Trinajstić information content (AvgIpc) is 3.50. The van der Waals surface area contributed by atoms with Gasteiger partial charge in [-0.25, -0.2) is 11.0 Å². The minimum absolute atomic E-state index is 0.0842. The summed E-state index contributed by atoms with van der Waals surface area (Å²) in [6.07, 6.45) is 45.7. The monoisotopic (exact) mass is 734 g/mol. The van der Waals surface area contributed by atoms with Gasteiger partial charge in [0.15, 0.2) is 0 Å². The van der Waals surface area contributed by atoms with Crippen LogP contribution in [0.5, 0.6) is 0 Å². The van der Waals surface area contributed by atoms with Gasteiger partial charge >= 0.3 is 0 Å². The molecule has 1 amide bonds. The van der Waals surface area contributed by atoms with E-state index in [1.54, 1.807) is 19.1 Å². The van der Waals surface area contributed by atoms with Gasteiger partial charge in [0.05, 0.1) is 0 Å². The highest BCUT2D eigenvalue weighted by atomic mass is 16.2.